The van der Waals surface area contributed by atoms with Crippen molar-refractivity contribution in [3.05, 3.63) is 12.2 Å². The Balaban J connectivity index is 2.27. The molecule has 0 aliphatic heterocycles. The summed E-state index contributed by atoms with van der Waals surface area (Å²) in [5.41, 5.74) is 0.841. The summed E-state index contributed by atoms with van der Waals surface area (Å²) in [7, 11) is 0. The normalized spacial score (nSPS) is 58.1. The van der Waals surface area contributed by atoms with Gasteiger partial charge in [-0.3, -0.25) is 0 Å². The summed E-state index contributed by atoms with van der Waals surface area (Å²) in [4.78, 5) is 0. The van der Waals surface area contributed by atoms with Gasteiger partial charge in [-0.2, -0.15) is 0 Å². The fourth-order valence-corrected chi connectivity index (χ4v) is 2.18. The minimum Gasteiger partial charge on any atom is -0.389 e. The van der Waals surface area contributed by atoms with Crippen LogP contribution in [-0.4, -0.2) is 11.2 Å². The van der Waals surface area contributed by atoms with Crippen molar-refractivity contribution >= 4 is 0 Å². The summed E-state index contributed by atoms with van der Waals surface area (Å²) in [5.74, 6) is 0. The van der Waals surface area contributed by atoms with Crippen LogP contribution in [-0.2, 0) is 0 Å². The zero-order valence-electron chi connectivity index (χ0n) is 6.59. The minimum atomic E-state index is -0.180. The molecule has 0 aromatic carbocycles. The van der Waals surface area contributed by atoms with Crippen molar-refractivity contribution in [2.75, 3.05) is 0 Å². The number of hydrogen-bond donors (Lipinski definition) is 1. The Morgan fingerprint density at radius 3 is 2.70 bits per heavy atom. The first kappa shape index (κ1) is 6.41. The lowest BCUT2D eigenvalue weighted by atomic mass is 9.86. The fraction of sp³-hybridized carbons (Fsp3) is 0.778. The molecule has 2 rings (SSSR count). The van der Waals surface area contributed by atoms with Crippen molar-refractivity contribution in [2.45, 2.75) is 32.8 Å². The van der Waals surface area contributed by atoms with Gasteiger partial charge in [-0.25, -0.2) is 0 Å². The highest BCUT2D eigenvalue weighted by atomic mass is 16.3. The number of fused-ring (bicyclic) bond motifs is 1. The van der Waals surface area contributed by atoms with Gasteiger partial charge in [0.25, 0.3) is 0 Å². The molecule has 1 heteroatoms. The van der Waals surface area contributed by atoms with Gasteiger partial charge in [0, 0.05) is 0 Å². The molecule has 1 nitrogen and oxygen atoms in total. The Morgan fingerprint density at radius 1 is 1.50 bits per heavy atom. The molecule has 10 heavy (non-hydrogen) atoms. The SMILES string of the molecule is C[C@@]12C[C@H](O)C=C[C@@]1(C)C2. The van der Waals surface area contributed by atoms with Crippen LogP contribution in [0.2, 0.25) is 0 Å². The van der Waals surface area contributed by atoms with E-state index >= 15 is 0 Å². The maximum Gasteiger partial charge on any atom is 0.0726 e. The van der Waals surface area contributed by atoms with Crippen molar-refractivity contribution in [3.8, 4) is 0 Å². The largest absolute Gasteiger partial charge is 0.389 e. The summed E-state index contributed by atoms with van der Waals surface area (Å²) in [6.07, 6.45) is 6.16. The number of hydrogen-bond acceptors (Lipinski definition) is 1. The van der Waals surface area contributed by atoms with Crippen LogP contribution < -0.4 is 0 Å². The summed E-state index contributed by atoms with van der Waals surface area (Å²) in [6, 6.07) is 0. The third kappa shape index (κ3) is 0.615. The molecule has 1 fully saturated rings. The first-order valence-corrected chi connectivity index (χ1v) is 3.93. The van der Waals surface area contributed by atoms with E-state index in [0.29, 0.717) is 10.8 Å². The maximum atomic E-state index is 9.30. The lowest BCUT2D eigenvalue weighted by Gasteiger charge is -2.22. The highest BCUT2D eigenvalue weighted by molar-refractivity contribution is 5.24. The van der Waals surface area contributed by atoms with Gasteiger partial charge in [0.2, 0.25) is 0 Å². The summed E-state index contributed by atoms with van der Waals surface area (Å²) >= 11 is 0. The second kappa shape index (κ2) is 1.48. The van der Waals surface area contributed by atoms with Gasteiger partial charge in [0.15, 0.2) is 0 Å². The molecule has 0 radical (unpaired) electrons. The van der Waals surface area contributed by atoms with Crippen LogP contribution in [0, 0.1) is 10.8 Å². The lowest BCUT2D eigenvalue weighted by Crippen LogP contribution is -2.18. The standard InChI is InChI=1S/C9H14O/c1-8-4-3-7(10)5-9(8,2)6-8/h3-4,7,10H,5-6H2,1-2H3/t7-,8+,9+/m1/s1. The zero-order valence-corrected chi connectivity index (χ0v) is 6.59. The van der Waals surface area contributed by atoms with Crippen molar-refractivity contribution in [2.24, 2.45) is 10.8 Å². The average Bonchev–Trinajstić information content (AvgIpc) is 2.33. The Hall–Kier alpha value is -0.300. The molecule has 56 valence electrons. The van der Waals surface area contributed by atoms with Gasteiger partial charge in [0.05, 0.1) is 6.10 Å². The van der Waals surface area contributed by atoms with Crippen molar-refractivity contribution in [1.29, 1.82) is 0 Å². The molecule has 1 saturated carbocycles. The van der Waals surface area contributed by atoms with E-state index in [1.807, 2.05) is 6.08 Å². The Labute approximate surface area is 61.8 Å². The fourth-order valence-electron chi connectivity index (χ4n) is 2.18. The van der Waals surface area contributed by atoms with Gasteiger partial charge >= 0.3 is 0 Å². The van der Waals surface area contributed by atoms with E-state index in [2.05, 4.69) is 19.9 Å². The van der Waals surface area contributed by atoms with E-state index in [1.54, 1.807) is 0 Å². The molecule has 0 saturated heterocycles. The summed E-state index contributed by atoms with van der Waals surface area (Å²) in [5, 5.41) is 9.30. The van der Waals surface area contributed by atoms with E-state index in [-0.39, 0.29) is 6.10 Å². The first-order valence-electron chi connectivity index (χ1n) is 3.93. The molecule has 0 spiro atoms. The molecule has 2 aliphatic carbocycles. The Bertz CT molecular complexity index is 197. The van der Waals surface area contributed by atoms with Gasteiger partial charge in [-0.15, -0.1) is 0 Å². The molecule has 0 aromatic rings. The topological polar surface area (TPSA) is 20.2 Å². The molecule has 1 N–H and O–H groups in total. The van der Waals surface area contributed by atoms with Crippen LogP contribution in [0.1, 0.15) is 26.7 Å². The monoisotopic (exact) mass is 138 g/mol. The first-order chi connectivity index (χ1) is 4.56. The molecule has 0 aromatic heterocycles. The van der Waals surface area contributed by atoms with E-state index in [1.165, 1.54) is 6.42 Å². The second-order valence-corrected chi connectivity index (χ2v) is 4.29. The second-order valence-electron chi connectivity index (χ2n) is 4.29. The lowest BCUT2D eigenvalue weighted by molar-refractivity contribution is 0.164. The molecule has 2 aliphatic rings. The number of aliphatic hydroxyl groups excluding tert-OH is 1. The van der Waals surface area contributed by atoms with Crippen LogP contribution >= 0.6 is 0 Å². The van der Waals surface area contributed by atoms with Crippen LogP contribution in [0.25, 0.3) is 0 Å². The number of allylic oxidation sites excluding steroid dienone is 1. The average molecular weight is 138 g/mol. The molecular formula is C9H14O. The smallest absolute Gasteiger partial charge is 0.0726 e. The molecular weight excluding hydrogens is 124 g/mol. The number of aliphatic hydroxyl groups is 1. The molecule has 0 unspecified atom stereocenters. The summed E-state index contributed by atoms with van der Waals surface area (Å²) < 4.78 is 0. The molecule has 3 atom stereocenters. The van der Waals surface area contributed by atoms with Crippen LogP contribution in [0.5, 0.6) is 0 Å². The van der Waals surface area contributed by atoms with Crippen LogP contribution in [0.15, 0.2) is 12.2 Å². The van der Waals surface area contributed by atoms with E-state index < -0.39 is 0 Å². The Morgan fingerprint density at radius 2 is 2.20 bits per heavy atom. The number of rotatable bonds is 0. The third-order valence-electron chi connectivity index (χ3n) is 3.36. The molecule has 0 heterocycles. The summed E-state index contributed by atoms with van der Waals surface area (Å²) in [6.45, 7) is 4.54. The van der Waals surface area contributed by atoms with Gasteiger partial charge < -0.3 is 5.11 Å². The Kier molecular flexibility index (Phi) is 0.946. The van der Waals surface area contributed by atoms with Crippen LogP contribution in [0.4, 0.5) is 0 Å². The van der Waals surface area contributed by atoms with E-state index in [4.69, 9.17) is 0 Å². The highest BCUT2D eigenvalue weighted by Crippen LogP contribution is 2.68. The van der Waals surface area contributed by atoms with Gasteiger partial charge in [-0.1, -0.05) is 26.0 Å². The molecule has 0 amide bonds. The van der Waals surface area contributed by atoms with E-state index in [0.717, 1.165) is 6.42 Å². The van der Waals surface area contributed by atoms with Gasteiger partial charge in [-0.05, 0) is 23.7 Å². The van der Waals surface area contributed by atoms with Crippen molar-refractivity contribution in [3.63, 3.8) is 0 Å². The quantitative estimate of drug-likeness (QED) is 0.505. The minimum absolute atomic E-state index is 0.180. The van der Waals surface area contributed by atoms with Gasteiger partial charge in [0.1, 0.15) is 0 Å². The highest BCUT2D eigenvalue weighted by Gasteiger charge is 2.60. The third-order valence-corrected chi connectivity index (χ3v) is 3.36. The van der Waals surface area contributed by atoms with Crippen molar-refractivity contribution < 1.29 is 5.11 Å². The van der Waals surface area contributed by atoms with E-state index in [9.17, 15) is 5.11 Å². The maximum absolute atomic E-state index is 9.30. The molecule has 0 bridgehead atoms. The van der Waals surface area contributed by atoms with Crippen LogP contribution in [0.3, 0.4) is 0 Å². The zero-order chi connectivity index (χ0) is 7.41. The predicted octanol–water partition coefficient (Wildman–Crippen LogP) is 1.72. The van der Waals surface area contributed by atoms with Crippen molar-refractivity contribution in [1.82, 2.24) is 0 Å². The predicted molar refractivity (Wildman–Crippen MR) is 40.6 cm³/mol.